The zero-order valence-corrected chi connectivity index (χ0v) is 36.0. The summed E-state index contributed by atoms with van der Waals surface area (Å²) in [6.45, 7) is 13.9. The van der Waals surface area contributed by atoms with Gasteiger partial charge in [0.15, 0.2) is 17.7 Å². The smallest absolute Gasteiger partial charge is 0.411 e. The molecule has 15 nitrogen and oxygen atoms in total. The third kappa shape index (κ3) is 9.67. The van der Waals surface area contributed by atoms with E-state index < -0.39 is 89.2 Å². The predicted octanol–water partition coefficient (Wildman–Crippen LogP) is 5.23. The van der Waals surface area contributed by atoms with Gasteiger partial charge in [0, 0.05) is 43.1 Å². The Labute approximate surface area is 341 Å². The average molecular weight is 822 g/mol. The van der Waals surface area contributed by atoms with E-state index in [1.807, 2.05) is 45.0 Å². The van der Waals surface area contributed by atoms with Gasteiger partial charge in [0.05, 0.1) is 30.5 Å². The normalized spacial score (nSPS) is 37.8. The number of halogens is 1. The van der Waals surface area contributed by atoms with E-state index in [-0.39, 0.29) is 50.3 Å². The van der Waals surface area contributed by atoms with Gasteiger partial charge in [-0.05, 0) is 86.0 Å². The highest BCUT2D eigenvalue weighted by Gasteiger charge is 2.61. The number of nitrogens with zero attached hydrogens (tertiary/aromatic N) is 2. The number of alkyl halides is 1. The van der Waals surface area contributed by atoms with Gasteiger partial charge in [-0.2, -0.15) is 0 Å². The molecular formula is C42H64FN3O12. The molecule has 0 spiro atoms. The van der Waals surface area contributed by atoms with Crippen LogP contribution in [-0.2, 0) is 42.8 Å². The number of anilines is 1. The molecule has 4 rings (SSSR count). The number of carbonyl (C=O) groups excluding carboxylic acids is 5. The number of rotatable bonds is 10. The lowest BCUT2D eigenvalue weighted by molar-refractivity contribution is -0.295. The first kappa shape index (κ1) is 47.0. The Hall–Kier alpha value is -3.70. The van der Waals surface area contributed by atoms with Crippen LogP contribution in [0.4, 0.5) is 19.7 Å². The van der Waals surface area contributed by atoms with Crippen molar-refractivity contribution in [2.24, 2.45) is 17.8 Å². The summed E-state index contributed by atoms with van der Waals surface area (Å²) in [7, 11) is 4.99. The number of aliphatic hydroxyl groups excluding tert-OH is 1. The Bertz CT molecular complexity index is 1660. The second-order valence-corrected chi connectivity index (χ2v) is 17.0. The molecule has 1 aromatic rings. The number of ketones is 2. The SMILES string of the molecule is CC[C@H]1OC(=O)[C@@](C)(F)C(=O)[C@H](C)[C@@H](O[C@@H]2O[C@H](C)C[C@H](N(C)C)[C@H]2O)[C@](C)(OC)C[C@@H](C)C(=O)[C@H](C)[C@H]2N(CCCOC(=O)Nc3ccccc3C)C(=O)O[C@]12C. The molecule has 326 valence electrons. The number of aliphatic hydroxyl groups is 1. The molecule has 3 saturated heterocycles. The topological polar surface area (TPSA) is 179 Å². The first-order chi connectivity index (χ1) is 27.0. The number of likely N-dealkylation sites (N-methyl/N-ethyl adjacent to an activating group) is 1. The molecule has 1 aromatic carbocycles. The Morgan fingerprint density at radius 1 is 1.07 bits per heavy atom. The quantitative estimate of drug-likeness (QED) is 0.136. The Morgan fingerprint density at radius 2 is 1.72 bits per heavy atom. The maximum Gasteiger partial charge on any atom is 0.411 e. The summed E-state index contributed by atoms with van der Waals surface area (Å²) < 4.78 is 52.6. The number of methoxy groups -OCH3 is 1. The molecule has 0 radical (unpaired) electrons. The fourth-order valence-electron chi connectivity index (χ4n) is 8.97. The second kappa shape index (κ2) is 18.7. The molecule has 2 amide bonds. The summed E-state index contributed by atoms with van der Waals surface area (Å²) >= 11 is 0. The zero-order valence-electron chi connectivity index (χ0n) is 36.0. The number of cyclic esters (lactones) is 1. The zero-order chi connectivity index (χ0) is 43.5. The molecule has 3 aliphatic rings. The molecule has 2 N–H and O–H groups in total. The molecule has 0 aromatic heterocycles. The third-order valence-electron chi connectivity index (χ3n) is 12.3. The number of benzene rings is 1. The van der Waals surface area contributed by atoms with Crippen LogP contribution in [0.3, 0.4) is 0 Å². The van der Waals surface area contributed by atoms with Crippen LogP contribution < -0.4 is 5.32 Å². The van der Waals surface area contributed by atoms with Crippen molar-refractivity contribution in [3.8, 4) is 0 Å². The molecule has 16 heteroatoms. The number of nitrogens with one attached hydrogen (secondary N) is 1. The summed E-state index contributed by atoms with van der Waals surface area (Å²) in [5.74, 6) is -6.09. The van der Waals surface area contributed by atoms with Crippen molar-refractivity contribution in [3.63, 3.8) is 0 Å². The maximum absolute atomic E-state index is 16.8. The molecule has 3 aliphatic heterocycles. The summed E-state index contributed by atoms with van der Waals surface area (Å²) in [5.41, 5.74) is -4.94. The Balaban J connectivity index is 1.69. The van der Waals surface area contributed by atoms with Crippen molar-refractivity contribution in [2.45, 2.75) is 148 Å². The van der Waals surface area contributed by atoms with Crippen LogP contribution in [0, 0.1) is 24.7 Å². The number of carbonyl (C=O) groups is 5. The van der Waals surface area contributed by atoms with Gasteiger partial charge in [0.2, 0.25) is 0 Å². The number of Topliss-reactive ketones (excluding diaryl/α,β-unsaturated/α-hetero) is 2. The minimum absolute atomic E-state index is 0.00821. The maximum atomic E-state index is 16.8. The van der Waals surface area contributed by atoms with Gasteiger partial charge in [0.1, 0.15) is 18.0 Å². The summed E-state index contributed by atoms with van der Waals surface area (Å²) in [6.07, 6.45) is -6.27. The lowest BCUT2D eigenvalue weighted by Gasteiger charge is -2.47. The molecule has 0 saturated carbocycles. The van der Waals surface area contributed by atoms with E-state index in [1.165, 1.54) is 25.9 Å². The van der Waals surface area contributed by atoms with E-state index in [0.717, 1.165) is 12.5 Å². The molecular weight excluding hydrogens is 757 g/mol. The van der Waals surface area contributed by atoms with E-state index in [4.69, 9.17) is 28.4 Å². The number of hydrogen-bond acceptors (Lipinski definition) is 13. The summed E-state index contributed by atoms with van der Waals surface area (Å²) in [6, 6.07) is 5.79. The van der Waals surface area contributed by atoms with E-state index in [1.54, 1.807) is 39.8 Å². The predicted molar refractivity (Wildman–Crippen MR) is 211 cm³/mol. The lowest BCUT2D eigenvalue weighted by atomic mass is 9.73. The van der Waals surface area contributed by atoms with Crippen LogP contribution >= 0.6 is 0 Å². The van der Waals surface area contributed by atoms with E-state index in [9.17, 15) is 29.1 Å². The van der Waals surface area contributed by atoms with Crippen molar-refractivity contribution in [3.05, 3.63) is 29.8 Å². The van der Waals surface area contributed by atoms with Crippen molar-refractivity contribution in [1.29, 1.82) is 0 Å². The van der Waals surface area contributed by atoms with E-state index in [0.29, 0.717) is 12.1 Å². The van der Waals surface area contributed by atoms with Crippen molar-refractivity contribution < 1.29 is 61.9 Å². The molecule has 58 heavy (non-hydrogen) atoms. The second-order valence-electron chi connectivity index (χ2n) is 17.0. The molecule has 0 bridgehead atoms. The Morgan fingerprint density at radius 3 is 2.33 bits per heavy atom. The highest BCUT2D eigenvalue weighted by molar-refractivity contribution is 6.08. The minimum Gasteiger partial charge on any atom is -0.455 e. The van der Waals surface area contributed by atoms with Crippen molar-refractivity contribution >= 4 is 35.4 Å². The van der Waals surface area contributed by atoms with E-state index >= 15 is 4.39 Å². The van der Waals surface area contributed by atoms with Crippen molar-refractivity contribution in [2.75, 3.05) is 39.7 Å². The van der Waals surface area contributed by atoms with Crippen LogP contribution in [0.5, 0.6) is 0 Å². The number of aryl methyl sites for hydroxylation is 1. The van der Waals surface area contributed by atoms with Gasteiger partial charge in [-0.1, -0.05) is 45.9 Å². The number of hydrogen-bond donors (Lipinski definition) is 2. The first-order valence-corrected chi connectivity index (χ1v) is 20.2. The molecule has 13 atom stereocenters. The highest BCUT2D eigenvalue weighted by atomic mass is 19.1. The van der Waals surface area contributed by atoms with Gasteiger partial charge in [0.25, 0.3) is 5.67 Å². The van der Waals surface area contributed by atoms with Crippen molar-refractivity contribution in [1.82, 2.24) is 9.80 Å². The third-order valence-corrected chi connectivity index (χ3v) is 12.3. The monoisotopic (exact) mass is 821 g/mol. The molecule has 3 fully saturated rings. The van der Waals surface area contributed by atoms with Gasteiger partial charge in [-0.25, -0.2) is 18.8 Å². The number of para-hydroxylation sites is 1. The standard InChI is InChI=1S/C42H64FN3O12/c1-13-30-42(9)33(46(39(52)58-42)19-16-20-54-38(51)44-28-18-15-14-17-23(28)2)26(5)31(47)24(3)22-40(7,53-12)35(27(6)34(49)41(8,43)37(50)56-30)57-36-32(48)29(45(10)11)21-25(4)55-36/h14-15,17-18,24-27,29-30,32-33,35-36,48H,13,16,19-22H2,1-12H3,(H,44,51)/t24-,25-,26+,27+,29+,30-,32-,33-,35-,36+,40-,41+,42-/m1/s1. The minimum atomic E-state index is -3.21. The molecule has 0 unspecified atom stereocenters. The van der Waals surface area contributed by atoms with Gasteiger partial charge in [-0.15, -0.1) is 0 Å². The number of esters is 1. The number of amides is 2. The Kier molecular flexibility index (Phi) is 15.1. The summed E-state index contributed by atoms with van der Waals surface area (Å²) in [5, 5.41) is 14.1. The average Bonchev–Trinajstić information content (AvgIpc) is 3.43. The van der Waals surface area contributed by atoms with E-state index in [2.05, 4.69) is 5.32 Å². The first-order valence-electron chi connectivity index (χ1n) is 20.2. The van der Waals surface area contributed by atoms with Gasteiger partial charge < -0.3 is 43.3 Å². The largest absolute Gasteiger partial charge is 0.455 e. The van der Waals surface area contributed by atoms with Crippen LogP contribution in [0.1, 0.15) is 86.6 Å². The van der Waals surface area contributed by atoms with Gasteiger partial charge >= 0.3 is 18.2 Å². The van der Waals surface area contributed by atoms with Crippen LogP contribution in [0.2, 0.25) is 0 Å². The van der Waals surface area contributed by atoms with Crippen LogP contribution in [0.15, 0.2) is 24.3 Å². The fraction of sp³-hybridized carbons (Fsp3) is 0.738. The number of fused-ring (bicyclic) bond motifs is 1. The van der Waals surface area contributed by atoms with Crippen LogP contribution in [-0.4, -0.2) is 139 Å². The lowest BCUT2D eigenvalue weighted by Crippen LogP contribution is -2.61. The highest BCUT2D eigenvalue weighted by Crippen LogP contribution is 2.43. The number of ether oxygens (including phenoxy) is 6. The molecule has 0 aliphatic carbocycles. The van der Waals surface area contributed by atoms with Gasteiger partial charge in [-0.3, -0.25) is 14.9 Å². The van der Waals surface area contributed by atoms with Crippen LogP contribution in [0.25, 0.3) is 0 Å². The molecule has 3 heterocycles. The summed E-state index contributed by atoms with van der Waals surface area (Å²) in [4.78, 5) is 72.2. The fourth-order valence-corrected chi connectivity index (χ4v) is 8.97.